The molecular formula is C9H8O2S. The fraction of sp³-hybridized carbons (Fsp3) is 0.111. The van der Waals surface area contributed by atoms with Crippen molar-refractivity contribution in [3.63, 3.8) is 0 Å². The Morgan fingerprint density at radius 2 is 2.25 bits per heavy atom. The molecule has 1 N–H and O–H groups in total. The van der Waals surface area contributed by atoms with Crippen molar-refractivity contribution in [1.82, 2.24) is 0 Å². The monoisotopic (exact) mass is 180 g/mol. The second kappa shape index (κ2) is 2.75. The Labute approximate surface area is 74.2 Å². The van der Waals surface area contributed by atoms with E-state index >= 15 is 0 Å². The summed E-state index contributed by atoms with van der Waals surface area (Å²) in [6, 6.07) is 5.75. The van der Waals surface area contributed by atoms with Gasteiger partial charge < -0.3 is 9.52 Å². The Hall–Kier alpha value is -1.09. The van der Waals surface area contributed by atoms with Gasteiger partial charge in [-0.15, -0.1) is 11.8 Å². The normalized spacial score (nSPS) is 10.8. The van der Waals surface area contributed by atoms with Crippen LogP contribution in [0.4, 0.5) is 0 Å². The van der Waals surface area contributed by atoms with Crippen LogP contribution in [0.2, 0.25) is 0 Å². The number of fused-ring (bicyclic) bond motifs is 1. The van der Waals surface area contributed by atoms with Gasteiger partial charge in [0.2, 0.25) is 0 Å². The molecule has 0 aliphatic heterocycles. The van der Waals surface area contributed by atoms with Crippen molar-refractivity contribution in [2.45, 2.75) is 4.90 Å². The molecule has 3 heteroatoms. The van der Waals surface area contributed by atoms with Crippen molar-refractivity contribution in [3.05, 3.63) is 24.5 Å². The van der Waals surface area contributed by atoms with Crippen LogP contribution in [0, 0.1) is 0 Å². The van der Waals surface area contributed by atoms with Crippen LogP contribution >= 0.6 is 11.8 Å². The molecule has 2 rings (SSSR count). The van der Waals surface area contributed by atoms with Gasteiger partial charge in [-0.1, -0.05) is 0 Å². The van der Waals surface area contributed by atoms with Crippen molar-refractivity contribution in [2.75, 3.05) is 6.26 Å². The first-order valence-corrected chi connectivity index (χ1v) is 4.78. The molecule has 0 saturated heterocycles. The van der Waals surface area contributed by atoms with Crippen LogP contribution in [0.25, 0.3) is 11.0 Å². The molecule has 0 radical (unpaired) electrons. The van der Waals surface area contributed by atoms with Crippen LogP contribution < -0.4 is 0 Å². The Morgan fingerprint density at radius 1 is 1.42 bits per heavy atom. The van der Waals surface area contributed by atoms with E-state index < -0.39 is 0 Å². The molecule has 12 heavy (non-hydrogen) atoms. The molecule has 2 nitrogen and oxygen atoms in total. The predicted octanol–water partition coefficient (Wildman–Crippen LogP) is 2.86. The summed E-state index contributed by atoms with van der Waals surface area (Å²) in [5.41, 5.74) is 0.727. The number of rotatable bonds is 1. The zero-order valence-corrected chi connectivity index (χ0v) is 7.39. The van der Waals surface area contributed by atoms with Gasteiger partial charge in [-0.3, -0.25) is 0 Å². The highest BCUT2D eigenvalue weighted by Crippen LogP contribution is 2.29. The molecule has 0 aliphatic carbocycles. The number of aromatic hydroxyl groups is 1. The van der Waals surface area contributed by atoms with Gasteiger partial charge in [0, 0.05) is 4.90 Å². The third kappa shape index (κ3) is 1.06. The van der Waals surface area contributed by atoms with Crippen molar-refractivity contribution in [1.29, 1.82) is 0 Å². The first-order valence-electron chi connectivity index (χ1n) is 3.55. The summed E-state index contributed by atoms with van der Waals surface area (Å²) in [7, 11) is 0. The smallest absolute Gasteiger partial charge is 0.161 e. The number of furan rings is 1. The first kappa shape index (κ1) is 7.55. The van der Waals surface area contributed by atoms with Gasteiger partial charge in [-0.25, -0.2) is 0 Å². The Morgan fingerprint density at radius 3 is 3.00 bits per heavy atom. The van der Waals surface area contributed by atoms with Gasteiger partial charge in [-0.05, 0) is 24.5 Å². The highest BCUT2D eigenvalue weighted by molar-refractivity contribution is 7.98. The maximum Gasteiger partial charge on any atom is 0.161 e. The number of benzene rings is 1. The van der Waals surface area contributed by atoms with Gasteiger partial charge >= 0.3 is 0 Å². The molecule has 0 saturated carbocycles. The molecular weight excluding hydrogens is 172 g/mol. The van der Waals surface area contributed by atoms with E-state index in [0.717, 1.165) is 15.9 Å². The van der Waals surface area contributed by atoms with Crippen LogP contribution in [-0.2, 0) is 0 Å². The minimum atomic E-state index is 0.209. The fourth-order valence-corrected chi connectivity index (χ4v) is 1.56. The summed E-state index contributed by atoms with van der Waals surface area (Å²) >= 11 is 1.64. The minimum absolute atomic E-state index is 0.209. The predicted molar refractivity (Wildman–Crippen MR) is 49.7 cm³/mol. The Kier molecular flexibility index (Phi) is 1.73. The molecule has 1 aromatic carbocycles. The third-order valence-corrected chi connectivity index (χ3v) is 2.49. The second-order valence-electron chi connectivity index (χ2n) is 2.48. The molecule has 0 fully saturated rings. The maximum absolute atomic E-state index is 9.33. The third-order valence-electron chi connectivity index (χ3n) is 1.76. The van der Waals surface area contributed by atoms with Crippen LogP contribution in [0.15, 0.2) is 33.8 Å². The first-order chi connectivity index (χ1) is 5.81. The lowest BCUT2D eigenvalue weighted by Crippen LogP contribution is -1.68. The van der Waals surface area contributed by atoms with E-state index in [2.05, 4.69) is 0 Å². The summed E-state index contributed by atoms with van der Waals surface area (Å²) in [5.74, 6) is 0.209. The molecule has 0 aliphatic rings. The standard InChI is InChI=1S/C9H8O2S/c1-12-6-2-3-9-7(4-6)8(10)5-11-9/h2-5,10H,1H3. The highest BCUT2D eigenvalue weighted by atomic mass is 32.2. The number of thioether (sulfide) groups is 1. The van der Waals surface area contributed by atoms with E-state index in [0.29, 0.717) is 0 Å². The highest BCUT2D eigenvalue weighted by Gasteiger charge is 2.03. The summed E-state index contributed by atoms with van der Waals surface area (Å²) in [6.45, 7) is 0. The molecule has 2 aromatic rings. The van der Waals surface area contributed by atoms with Gasteiger partial charge in [0.25, 0.3) is 0 Å². The molecule has 1 heterocycles. The van der Waals surface area contributed by atoms with Crippen molar-refractivity contribution < 1.29 is 9.52 Å². The van der Waals surface area contributed by atoms with E-state index in [1.54, 1.807) is 11.8 Å². The summed E-state index contributed by atoms with van der Waals surface area (Å²) in [6.07, 6.45) is 3.35. The lowest BCUT2D eigenvalue weighted by molar-refractivity contribution is 0.464. The van der Waals surface area contributed by atoms with Gasteiger partial charge in [-0.2, -0.15) is 0 Å². The quantitative estimate of drug-likeness (QED) is 0.685. The van der Waals surface area contributed by atoms with E-state index in [4.69, 9.17) is 4.42 Å². The van der Waals surface area contributed by atoms with Crippen LogP contribution in [0.5, 0.6) is 5.75 Å². The molecule has 62 valence electrons. The second-order valence-corrected chi connectivity index (χ2v) is 3.36. The Balaban J connectivity index is 2.71. The van der Waals surface area contributed by atoms with Crippen molar-refractivity contribution >= 4 is 22.7 Å². The van der Waals surface area contributed by atoms with Gasteiger partial charge in [0.15, 0.2) is 5.75 Å². The van der Waals surface area contributed by atoms with Crippen LogP contribution in [0.3, 0.4) is 0 Å². The fourth-order valence-electron chi connectivity index (χ4n) is 1.12. The van der Waals surface area contributed by atoms with Crippen molar-refractivity contribution in [3.8, 4) is 5.75 Å². The SMILES string of the molecule is CSc1ccc2occ(O)c2c1. The van der Waals surface area contributed by atoms with E-state index in [9.17, 15) is 5.11 Å². The summed E-state index contributed by atoms with van der Waals surface area (Å²) in [5, 5.41) is 10.1. The molecule has 0 amide bonds. The summed E-state index contributed by atoms with van der Waals surface area (Å²) < 4.78 is 5.09. The van der Waals surface area contributed by atoms with Crippen molar-refractivity contribution in [2.24, 2.45) is 0 Å². The lowest BCUT2D eigenvalue weighted by atomic mass is 10.2. The minimum Gasteiger partial charge on any atom is -0.504 e. The van der Waals surface area contributed by atoms with Gasteiger partial charge in [0.1, 0.15) is 11.8 Å². The van der Waals surface area contributed by atoms with E-state index in [1.807, 2.05) is 24.5 Å². The number of hydrogen-bond acceptors (Lipinski definition) is 3. The topological polar surface area (TPSA) is 33.4 Å². The molecule has 0 atom stereocenters. The molecule has 0 spiro atoms. The molecule has 1 aromatic heterocycles. The van der Waals surface area contributed by atoms with E-state index in [-0.39, 0.29) is 5.75 Å². The lowest BCUT2D eigenvalue weighted by Gasteiger charge is -1.94. The Bertz CT molecular complexity index is 406. The average Bonchev–Trinajstić information content (AvgIpc) is 2.47. The molecule has 0 unspecified atom stereocenters. The largest absolute Gasteiger partial charge is 0.504 e. The zero-order valence-electron chi connectivity index (χ0n) is 6.57. The van der Waals surface area contributed by atoms with Gasteiger partial charge in [0.05, 0.1) is 5.39 Å². The zero-order chi connectivity index (χ0) is 8.55. The summed E-state index contributed by atoms with van der Waals surface area (Å²) in [4.78, 5) is 1.12. The van der Waals surface area contributed by atoms with Crippen LogP contribution in [-0.4, -0.2) is 11.4 Å². The number of hydrogen-bond donors (Lipinski definition) is 1. The van der Waals surface area contributed by atoms with E-state index in [1.165, 1.54) is 6.26 Å². The average molecular weight is 180 g/mol. The maximum atomic E-state index is 9.33. The van der Waals surface area contributed by atoms with Crippen LogP contribution in [0.1, 0.15) is 0 Å². The molecule has 0 bridgehead atoms.